The fourth-order valence-electron chi connectivity index (χ4n) is 4.20. The van der Waals surface area contributed by atoms with Crippen LogP contribution < -0.4 is 4.84 Å². The fraction of sp³-hybridized carbons (Fsp3) is 0.308. The Hall–Kier alpha value is -3.46. The van der Waals surface area contributed by atoms with Gasteiger partial charge in [0.25, 0.3) is 0 Å². The molecular formula is C26H24ClF3N4O2. The molecule has 1 saturated heterocycles. The van der Waals surface area contributed by atoms with E-state index in [0.29, 0.717) is 43.0 Å². The molecule has 0 N–H and O–H groups in total. The summed E-state index contributed by atoms with van der Waals surface area (Å²) in [5.41, 5.74) is 1.74. The lowest BCUT2D eigenvalue weighted by Crippen LogP contribution is -2.39. The SMILES string of the molecule is C/C(=N/Oc1cc(F)cc(Cl)c1)c1cnc(C)nc1C1CCN(C(=O)Cc2c(F)cccc2F)CC1. The number of aryl methyl sites for hydroxylation is 1. The molecule has 188 valence electrons. The Labute approximate surface area is 211 Å². The minimum Gasteiger partial charge on any atom is -0.357 e. The lowest BCUT2D eigenvalue weighted by molar-refractivity contribution is -0.131. The average molecular weight is 517 g/mol. The third kappa shape index (κ3) is 6.02. The standard InChI is InChI=1S/C26H24ClF3N4O2/c1-15(33-36-20-11-18(27)10-19(28)12-20)22-14-31-16(2)32-26(22)17-6-8-34(9-7-17)25(35)13-21-23(29)4-3-5-24(21)30/h3-5,10-12,14,17H,6-9,13H2,1-2H3/b33-15-. The number of aromatic nitrogens is 2. The highest BCUT2D eigenvalue weighted by atomic mass is 35.5. The van der Waals surface area contributed by atoms with E-state index in [-0.39, 0.29) is 34.6 Å². The van der Waals surface area contributed by atoms with Gasteiger partial charge in [-0.15, -0.1) is 0 Å². The van der Waals surface area contributed by atoms with Gasteiger partial charge in [-0.2, -0.15) is 0 Å². The predicted molar refractivity (Wildman–Crippen MR) is 130 cm³/mol. The molecule has 1 fully saturated rings. The molecule has 1 aromatic heterocycles. The highest BCUT2D eigenvalue weighted by molar-refractivity contribution is 6.30. The lowest BCUT2D eigenvalue weighted by Gasteiger charge is -2.32. The highest BCUT2D eigenvalue weighted by Gasteiger charge is 2.28. The van der Waals surface area contributed by atoms with E-state index < -0.39 is 17.5 Å². The largest absolute Gasteiger partial charge is 0.357 e. The van der Waals surface area contributed by atoms with Crippen LogP contribution in [0.25, 0.3) is 0 Å². The van der Waals surface area contributed by atoms with Crippen molar-refractivity contribution in [3.63, 3.8) is 0 Å². The molecule has 36 heavy (non-hydrogen) atoms. The molecule has 0 aliphatic carbocycles. The number of carbonyl (C=O) groups excluding carboxylic acids is 1. The van der Waals surface area contributed by atoms with Crippen molar-refractivity contribution >= 4 is 23.2 Å². The number of likely N-dealkylation sites (tertiary alicyclic amines) is 1. The maximum Gasteiger partial charge on any atom is 0.227 e. The van der Waals surface area contributed by atoms with Gasteiger partial charge in [0, 0.05) is 53.5 Å². The van der Waals surface area contributed by atoms with Crippen molar-refractivity contribution in [2.75, 3.05) is 13.1 Å². The van der Waals surface area contributed by atoms with E-state index in [0.717, 1.165) is 17.8 Å². The van der Waals surface area contributed by atoms with Crippen molar-refractivity contribution in [1.82, 2.24) is 14.9 Å². The van der Waals surface area contributed by atoms with Gasteiger partial charge in [-0.1, -0.05) is 22.8 Å². The van der Waals surface area contributed by atoms with Crippen LogP contribution in [-0.4, -0.2) is 39.6 Å². The van der Waals surface area contributed by atoms with Crippen LogP contribution in [-0.2, 0) is 11.2 Å². The molecular weight excluding hydrogens is 493 g/mol. The molecule has 2 aromatic carbocycles. The monoisotopic (exact) mass is 516 g/mol. The van der Waals surface area contributed by atoms with Crippen LogP contribution in [0.3, 0.4) is 0 Å². The summed E-state index contributed by atoms with van der Waals surface area (Å²) in [4.78, 5) is 28.6. The molecule has 3 aromatic rings. The number of hydrogen-bond acceptors (Lipinski definition) is 5. The Morgan fingerprint density at radius 3 is 2.53 bits per heavy atom. The Bertz CT molecular complexity index is 1270. The van der Waals surface area contributed by atoms with E-state index in [1.165, 1.54) is 24.3 Å². The summed E-state index contributed by atoms with van der Waals surface area (Å²) >= 11 is 5.87. The number of hydrogen-bond donors (Lipinski definition) is 0. The van der Waals surface area contributed by atoms with Crippen molar-refractivity contribution in [2.24, 2.45) is 5.16 Å². The van der Waals surface area contributed by atoms with E-state index >= 15 is 0 Å². The number of rotatable bonds is 6. The van der Waals surface area contributed by atoms with Gasteiger partial charge in [0.1, 0.15) is 23.3 Å². The quantitative estimate of drug-likeness (QED) is 0.315. The molecule has 0 radical (unpaired) electrons. The summed E-state index contributed by atoms with van der Waals surface area (Å²) < 4.78 is 41.5. The number of halogens is 4. The van der Waals surface area contributed by atoms with Gasteiger partial charge in [0.2, 0.25) is 5.91 Å². The van der Waals surface area contributed by atoms with Crippen LogP contribution in [0.5, 0.6) is 5.75 Å². The first-order valence-corrected chi connectivity index (χ1v) is 11.8. The summed E-state index contributed by atoms with van der Waals surface area (Å²) in [7, 11) is 0. The lowest BCUT2D eigenvalue weighted by atomic mass is 9.89. The van der Waals surface area contributed by atoms with Crippen LogP contribution in [0.2, 0.25) is 5.02 Å². The van der Waals surface area contributed by atoms with Crippen LogP contribution in [0, 0.1) is 24.4 Å². The van der Waals surface area contributed by atoms with Crippen molar-refractivity contribution in [3.8, 4) is 5.75 Å². The Kier molecular flexibility index (Phi) is 7.88. The number of piperidine rings is 1. The second-order valence-electron chi connectivity index (χ2n) is 8.62. The second-order valence-corrected chi connectivity index (χ2v) is 9.06. The van der Waals surface area contributed by atoms with Crippen LogP contribution >= 0.6 is 11.6 Å². The summed E-state index contributed by atoms with van der Waals surface area (Å²) in [5, 5.41) is 4.31. The third-order valence-corrected chi connectivity index (χ3v) is 6.29. The normalized spacial score (nSPS) is 14.7. The summed E-state index contributed by atoms with van der Waals surface area (Å²) in [6, 6.07) is 7.36. The fourth-order valence-corrected chi connectivity index (χ4v) is 4.41. The Balaban J connectivity index is 1.46. The van der Waals surface area contributed by atoms with E-state index in [1.807, 2.05) is 0 Å². The summed E-state index contributed by atoms with van der Waals surface area (Å²) in [6.45, 7) is 4.37. The van der Waals surface area contributed by atoms with E-state index in [9.17, 15) is 18.0 Å². The van der Waals surface area contributed by atoms with E-state index in [2.05, 4.69) is 15.1 Å². The van der Waals surface area contributed by atoms with Crippen molar-refractivity contribution in [3.05, 3.63) is 87.7 Å². The number of benzene rings is 2. The van der Waals surface area contributed by atoms with Gasteiger partial charge in [0.15, 0.2) is 5.75 Å². The molecule has 6 nitrogen and oxygen atoms in total. The average Bonchev–Trinajstić information content (AvgIpc) is 2.84. The minimum atomic E-state index is -0.725. The van der Waals surface area contributed by atoms with Gasteiger partial charge in [-0.05, 0) is 44.9 Å². The first kappa shape index (κ1) is 25.6. The van der Waals surface area contributed by atoms with Crippen LogP contribution in [0.15, 0.2) is 47.8 Å². The minimum absolute atomic E-state index is 0.0183. The Morgan fingerprint density at radius 2 is 1.86 bits per heavy atom. The number of carbonyl (C=O) groups is 1. The molecule has 1 aliphatic rings. The molecule has 0 saturated carbocycles. The van der Waals surface area contributed by atoms with Gasteiger partial charge in [-0.25, -0.2) is 23.1 Å². The van der Waals surface area contributed by atoms with E-state index in [1.54, 1.807) is 24.9 Å². The zero-order chi connectivity index (χ0) is 25.8. The first-order chi connectivity index (χ1) is 17.2. The van der Waals surface area contributed by atoms with Crippen molar-refractivity contribution in [1.29, 1.82) is 0 Å². The maximum absolute atomic E-state index is 14.0. The van der Waals surface area contributed by atoms with Gasteiger partial charge >= 0.3 is 0 Å². The summed E-state index contributed by atoms with van der Waals surface area (Å²) in [6.07, 6.45) is 2.57. The third-order valence-electron chi connectivity index (χ3n) is 6.08. The van der Waals surface area contributed by atoms with Crippen molar-refractivity contribution < 1.29 is 22.8 Å². The topological polar surface area (TPSA) is 67.7 Å². The number of oxime groups is 1. The molecule has 1 amide bonds. The summed E-state index contributed by atoms with van der Waals surface area (Å²) in [5.74, 6) is -1.54. The smallest absolute Gasteiger partial charge is 0.227 e. The molecule has 0 unspecified atom stereocenters. The first-order valence-electron chi connectivity index (χ1n) is 11.4. The van der Waals surface area contributed by atoms with E-state index in [4.69, 9.17) is 16.4 Å². The molecule has 2 heterocycles. The number of amides is 1. The maximum atomic E-state index is 14.0. The molecule has 4 rings (SSSR count). The molecule has 0 spiro atoms. The van der Waals surface area contributed by atoms with Gasteiger partial charge < -0.3 is 9.74 Å². The zero-order valence-corrected chi connectivity index (χ0v) is 20.5. The molecule has 10 heteroatoms. The Morgan fingerprint density at radius 1 is 1.17 bits per heavy atom. The molecule has 1 aliphatic heterocycles. The molecule has 0 bridgehead atoms. The zero-order valence-electron chi connectivity index (χ0n) is 19.8. The molecule has 0 atom stereocenters. The number of nitrogens with zero attached hydrogens (tertiary/aromatic N) is 4. The predicted octanol–water partition coefficient (Wildman–Crippen LogP) is 5.61. The second kappa shape index (κ2) is 11.1. The van der Waals surface area contributed by atoms with Crippen molar-refractivity contribution in [2.45, 2.75) is 39.0 Å². The highest BCUT2D eigenvalue weighted by Crippen LogP contribution is 2.30. The van der Waals surface area contributed by atoms with Gasteiger partial charge in [0.05, 0.1) is 17.8 Å². The van der Waals surface area contributed by atoms with Gasteiger partial charge in [-0.3, -0.25) is 4.79 Å². The van der Waals surface area contributed by atoms with Crippen LogP contribution in [0.1, 0.15) is 48.3 Å². The van der Waals surface area contributed by atoms with Crippen LogP contribution in [0.4, 0.5) is 13.2 Å².